The van der Waals surface area contributed by atoms with E-state index in [0.29, 0.717) is 10.8 Å². The van der Waals surface area contributed by atoms with Crippen LogP contribution in [0, 0.1) is 13.8 Å². The number of halogens is 1. The number of hydrogen-bond donors (Lipinski definition) is 1. The van der Waals surface area contributed by atoms with Crippen molar-refractivity contribution in [2.75, 3.05) is 11.4 Å². The summed E-state index contributed by atoms with van der Waals surface area (Å²) in [4.78, 5) is 13.6. The fourth-order valence-electron chi connectivity index (χ4n) is 4.93. The van der Waals surface area contributed by atoms with Crippen molar-refractivity contribution in [3.8, 4) is 11.4 Å². The third-order valence-electron chi connectivity index (χ3n) is 7.16. The number of hydrazone groups is 1. The molecule has 0 aliphatic heterocycles. The molecule has 1 amide bonds. The van der Waals surface area contributed by atoms with Gasteiger partial charge in [-0.15, -0.1) is 0 Å². The number of rotatable bonds is 10. The molecule has 1 N–H and O–H groups in total. The van der Waals surface area contributed by atoms with E-state index in [1.165, 1.54) is 23.5 Å². The molecule has 1 heterocycles. The van der Waals surface area contributed by atoms with Gasteiger partial charge in [0.2, 0.25) is 0 Å². The van der Waals surface area contributed by atoms with Crippen LogP contribution in [0.25, 0.3) is 5.69 Å². The Morgan fingerprint density at radius 1 is 0.932 bits per heavy atom. The second-order valence-electron chi connectivity index (χ2n) is 10.0. The van der Waals surface area contributed by atoms with Gasteiger partial charge >= 0.3 is 0 Å². The molecule has 0 saturated heterocycles. The minimum absolute atomic E-state index is 0.0133. The van der Waals surface area contributed by atoms with Crippen LogP contribution in [-0.4, -0.2) is 32.2 Å². The third kappa shape index (κ3) is 6.54. The quantitative estimate of drug-likeness (QED) is 0.135. The van der Waals surface area contributed by atoms with Gasteiger partial charge in [-0.2, -0.15) is 5.10 Å². The highest BCUT2D eigenvalue weighted by Gasteiger charge is 2.28. The lowest BCUT2D eigenvalue weighted by molar-refractivity contribution is 0.0955. The Balaban J connectivity index is 1.45. The second-order valence-corrected chi connectivity index (χ2v) is 12.3. The predicted octanol–water partition coefficient (Wildman–Crippen LogP) is 6.92. The maximum absolute atomic E-state index is 14.0. The molecule has 0 aliphatic carbocycles. The molecule has 5 aromatic rings. The first-order valence-electron chi connectivity index (χ1n) is 13.8. The minimum atomic E-state index is -4.09. The second kappa shape index (κ2) is 13.2. The van der Waals surface area contributed by atoms with E-state index in [1.807, 2.05) is 74.5 Å². The molecule has 10 heteroatoms. The molecule has 0 spiro atoms. The first-order valence-corrected chi connectivity index (χ1v) is 15.6. The van der Waals surface area contributed by atoms with E-state index >= 15 is 0 Å². The zero-order valence-electron chi connectivity index (χ0n) is 24.4. The number of nitrogens with zero attached hydrogens (tertiary/aromatic N) is 3. The van der Waals surface area contributed by atoms with Gasteiger partial charge in [-0.05, 0) is 86.1 Å². The van der Waals surface area contributed by atoms with Crippen molar-refractivity contribution in [2.45, 2.75) is 25.3 Å². The largest absolute Gasteiger partial charge is 0.497 e. The molecule has 224 valence electrons. The fourth-order valence-corrected chi connectivity index (χ4v) is 6.53. The summed E-state index contributed by atoms with van der Waals surface area (Å²) in [6.07, 6.45) is 1.57. The Kier molecular flexibility index (Phi) is 9.18. The highest BCUT2D eigenvalue weighted by Crippen LogP contribution is 2.30. The number of carbonyl (C=O) groups is 1. The molecule has 0 bridgehead atoms. The molecule has 0 unspecified atom stereocenters. The molecular formula is C34H31ClN4O4S. The van der Waals surface area contributed by atoms with E-state index in [-0.39, 0.29) is 22.7 Å². The van der Waals surface area contributed by atoms with Gasteiger partial charge in [0.1, 0.15) is 5.75 Å². The van der Waals surface area contributed by atoms with Crippen LogP contribution in [0.2, 0.25) is 5.02 Å². The number of aromatic nitrogens is 1. The summed E-state index contributed by atoms with van der Waals surface area (Å²) in [5.74, 6) is -0.0171. The van der Waals surface area contributed by atoms with Crippen LogP contribution >= 0.6 is 11.6 Å². The minimum Gasteiger partial charge on any atom is -0.497 e. The highest BCUT2D eigenvalue weighted by molar-refractivity contribution is 7.92. The van der Waals surface area contributed by atoms with Crippen LogP contribution in [0.4, 0.5) is 5.69 Å². The number of para-hydroxylation sites is 1. The highest BCUT2D eigenvalue weighted by atomic mass is 35.5. The Morgan fingerprint density at radius 2 is 1.59 bits per heavy atom. The van der Waals surface area contributed by atoms with Crippen LogP contribution < -0.4 is 14.5 Å². The lowest BCUT2D eigenvalue weighted by atomic mass is 10.1. The van der Waals surface area contributed by atoms with Crippen molar-refractivity contribution in [2.24, 2.45) is 5.10 Å². The molecule has 0 aliphatic rings. The van der Waals surface area contributed by atoms with E-state index in [2.05, 4.69) is 15.1 Å². The van der Waals surface area contributed by atoms with Crippen molar-refractivity contribution in [3.63, 3.8) is 0 Å². The van der Waals surface area contributed by atoms with Gasteiger partial charge in [-0.3, -0.25) is 9.10 Å². The van der Waals surface area contributed by atoms with Crippen LogP contribution in [0.5, 0.6) is 5.75 Å². The van der Waals surface area contributed by atoms with Crippen molar-refractivity contribution in [1.82, 2.24) is 9.99 Å². The summed E-state index contributed by atoms with van der Waals surface area (Å²) in [6.45, 7) is 3.96. The van der Waals surface area contributed by atoms with Crippen molar-refractivity contribution in [1.29, 1.82) is 0 Å². The van der Waals surface area contributed by atoms with E-state index in [0.717, 1.165) is 28.2 Å². The van der Waals surface area contributed by atoms with Crippen molar-refractivity contribution >= 4 is 39.4 Å². The Bertz CT molecular complexity index is 1900. The molecule has 1 aromatic heterocycles. The average molecular weight is 627 g/mol. The summed E-state index contributed by atoms with van der Waals surface area (Å²) >= 11 is 6.06. The first-order chi connectivity index (χ1) is 21.2. The van der Waals surface area contributed by atoms with E-state index in [4.69, 9.17) is 16.3 Å². The molecule has 44 heavy (non-hydrogen) atoms. The normalized spacial score (nSPS) is 11.5. The SMILES string of the molecule is COc1ccc(S(=O)(=O)N(Cc2ccccc2)c2ccccc2C(=O)N/N=C/c2cc(C)n(-c3ccc(Cl)cc3)c2C)cc1. The van der Waals surface area contributed by atoms with Gasteiger partial charge in [0.15, 0.2) is 0 Å². The third-order valence-corrected chi connectivity index (χ3v) is 9.18. The standard InChI is InChI=1S/C34H31ClN4O4S/c1-24-21-27(25(2)39(24)29-15-13-28(35)14-16-29)22-36-37-34(40)32-11-7-8-12-33(32)38(23-26-9-5-4-6-10-26)44(41,42)31-19-17-30(43-3)18-20-31/h4-22H,23H2,1-3H3,(H,37,40)/b36-22+. The molecule has 0 saturated carbocycles. The molecule has 0 atom stereocenters. The fraction of sp³-hybridized carbons (Fsp3) is 0.118. The number of nitrogens with one attached hydrogen (secondary N) is 1. The number of ether oxygens (including phenoxy) is 1. The molecule has 0 radical (unpaired) electrons. The Morgan fingerprint density at radius 3 is 2.27 bits per heavy atom. The molecule has 0 fully saturated rings. The van der Waals surface area contributed by atoms with Gasteiger partial charge in [-0.1, -0.05) is 54.1 Å². The monoisotopic (exact) mass is 626 g/mol. The van der Waals surface area contributed by atoms with Gasteiger partial charge in [0.25, 0.3) is 15.9 Å². The van der Waals surface area contributed by atoms with Gasteiger partial charge < -0.3 is 9.30 Å². The van der Waals surface area contributed by atoms with E-state index in [1.54, 1.807) is 42.6 Å². The summed E-state index contributed by atoms with van der Waals surface area (Å²) in [6, 6.07) is 31.4. The zero-order valence-corrected chi connectivity index (χ0v) is 26.0. The topological polar surface area (TPSA) is 93.0 Å². The Labute approximate surface area is 262 Å². The zero-order chi connectivity index (χ0) is 31.3. The number of amides is 1. The molecule has 4 aromatic carbocycles. The number of sulfonamides is 1. The predicted molar refractivity (Wildman–Crippen MR) is 175 cm³/mol. The number of methoxy groups -OCH3 is 1. The summed E-state index contributed by atoms with van der Waals surface area (Å²) in [7, 11) is -2.57. The smallest absolute Gasteiger partial charge is 0.273 e. The first kappa shape index (κ1) is 30.6. The van der Waals surface area contributed by atoms with Crippen molar-refractivity contribution < 1.29 is 17.9 Å². The summed E-state index contributed by atoms with van der Waals surface area (Å²) in [5.41, 5.74) is 7.42. The van der Waals surface area contributed by atoms with Crippen molar-refractivity contribution in [3.05, 3.63) is 142 Å². The van der Waals surface area contributed by atoms with Crippen LogP contribution in [0.15, 0.2) is 119 Å². The maximum atomic E-state index is 14.0. The maximum Gasteiger partial charge on any atom is 0.273 e. The summed E-state index contributed by atoms with van der Waals surface area (Å²) in [5, 5.41) is 4.88. The van der Waals surface area contributed by atoms with Gasteiger partial charge in [0.05, 0.1) is 36.0 Å². The Hall–Kier alpha value is -4.86. The molecular weight excluding hydrogens is 596 g/mol. The molecule has 5 rings (SSSR count). The van der Waals surface area contributed by atoms with Crippen LogP contribution in [0.3, 0.4) is 0 Å². The van der Waals surface area contributed by atoms with E-state index in [9.17, 15) is 13.2 Å². The lowest BCUT2D eigenvalue weighted by Gasteiger charge is -2.26. The number of anilines is 1. The number of aryl methyl sites for hydroxylation is 1. The van der Waals surface area contributed by atoms with Crippen LogP contribution in [-0.2, 0) is 16.6 Å². The number of carbonyl (C=O) groups excluding carboxylic acids is 1. The average Bonchev–Trinajstić information content (AvgIpc) is 3.32. The van der Waals surface area contributed by atoms with Gasteiger partial charge in [-0.25, -0.2) is 13.8 Å². The number of benzene rings is 4. The van der Waals surface area contributed by atoms with E-state index < -0.39 is 15.9 Å². The molecule has 8 nitrogen and oxygen atoms in total. The summed E-state index contributed by atoms with van der Waals surface area (Å²) < 4.78 is 36.6. The lowest BCUT2D eigenvalue weighted by Crippen LogP contribution is -2.33. The van der Waals surface area contributed by atoms with Gasteiger partial charge in [0, 0.05) is 27.7 Å². The number of hydrogen-bond acceptors (Lipinski definition) is 5. The van der Waals surface area contributed by atoms with Crippen LogP contribution in [0.1, 0.15) is 32.9 Å².